The topological polar surface area (TPSA) is 41.1 Å². The van der Waals surface area contributed by atoms with Gasteiger partial charge in [-0.1, -0.05) is 42.5 Å². The quantitative estimate of drug-likeness (QED) is 0.898. The smallest absolute Gasteiger partial charge is 0.224 e. The van der Waals surface area contributed by atoms with Crippen molar-refractivity contribution in [1.29, 1.82) is 0 Å². The van der Waals surface area contributed by atoms with Crippen LogP contribution in [-0.4, -0.2) is 19.0 Å². The Bertz CT molecular complexity index is 612. The van der Waals surface area contributed by atoms with Crippen molar-refractivity contribution in [1.82, 2.24) is 10.6 Å². The molecule has 3 rings (SSSR count). The molecule has 1 amide bonds. The molecule has 104 valence electrons. The van der Waals surface area contributed by atoms with E-state index in [0.717, 1.165) is 19.5 Å². The van der Waals surface area contributed by atoms with E-state index in [4.69, 9.17) is 0 Å². The van der Waals surface area contributed by atoms with E-state index in [1.54, 1.807) is 0 Å². The summed E-state index contributed by atoms with van der Waals surface area (Å²) in [5.74, 6) is 0.280. The lowest BCUT2D eigenvalue weighted by atomic mass is 9.99. The number of nitrogens with one attached hydrogen (secondary N) is 2. The zero-order chi connectivity index (χ0) is 13.9. The van der Waals surface area contributed by atoms with Crippen LogP contribution in [0, 0.1) is 5.92 Å². The minimum Gasteiger partial charge on any atom is -0.349 e. The van der Waals surface area contributed by atoms with Crippen LogP contribution in [0.2, 0.25) is 0 Å². The molecule has 2 unspecified atom stereocenters. The number of rotatable bonds is 3. The van der Waals surface area contributed by atoms with Gasteiger partial charge in [0.15, 0.2) is 0 Å². The molecule has 1 aliphatic rings. The SMILES string of the molecule is CC(NC(=O)C1CCNC1)c1cccc2ccccc12. The monoisotopic (exact) mass is 268 g/mol. The second-order valence-corrected chi connectivity index (χ2v) is 5.49. The highest BCUT2D eigenvalue weighted by molar-refractivity contribution is 5.87. The number of amides is 1. The Kier molecular flexibility index (Phi) is 3.70. The third-order valence-electron chi connectivity index (χ3n) is 4.08. The van der Waals surface area contributed by atoms with Gasteiger partial charge in [-0.15, -0.1) is 0 Å². The first-order valence-corrected chi connectivity index (χ1v) is 7.24. The minimum absolute atomic E-state index is 0.0363. The molecule has 20 heavy (non-hydrogen) atoms. The fourth-order valence-corrected chi connectivity index (χ4v) is 2.92. The van der Waals surface area contributed by atoms with Gasteiger partial charge in [-0.05, 0) is 36.2 Å². The zero-order valence-electron chi connectivity index (χ0n) is 11.7. The van der Waals surface area contributed by atoms with Gasteiger partial charge in [-0.25, -0.2) is 0 Å². The first-order chi connectivity index (χ1) is 9.75. The molecule has 1 fully saturated rings. The summed E-state index contributed by atoms with van der Waals surface area (Å²) in [6.07, 6.45) is 0.939. The Hall–Kier alpha value is -1.87. The molecule has 1 heterocycles. The van der Waals surface area contributed by atoms with Crippen LogP contribution in [0.3, 0.4) is 0 Å². The van der Waals surface area contributed by atoms with Crippen LogP contribution in [0.5, 0.6) is 0 Å². The second kappa shape index (κ2) is 5.63. The average molecular weight is 268 g/mol. The summed E-state index contributed by atoms with van der Waals surface area (Å²) in [6.45, 7) is 3.80. The zero-order valence-corrected chi connectivity index (χ0v) is 11.7. The van der Waals surface area contributed by atoms with Crippen LogP contribution in [0.15, 0.2) is 42.5 Å². The van der Waals surface area contributed by atoms with Crippen molar-refractivity contribution in [2.45, 2.75) is 19.4 Å². The molecule has 1 aliphatic heterocycles. The molecular formula is C17H20N2O. The van der Waals surface area contributed by atoms with Crippen LogP contribution in [-0.2, 0) is 4.79 Å². The number of carbonyl (C=O) groups excluding carboxylic acids is 1. The Morgan fingerprint density at radius 3 is 2.85 bits per heavy atom. The highest BCUT2D eigenvalue weighted by atomic mass is 16.2. The van der Waals surface area contributed by atoms with Gasteiger partial charge in [0.05, 0.1) is 12.0 Å². The Balaban J connectivity index is 1.81. The lowest BCUT2D eigenvalue weighted by Crippen LogP contribution is -2.33. The highest BCUT2D eigenvalue weighted by Gasteiger charge is 2.23. The van der Waals surface area contributed by atoms with E-state index in [0.29, 0.717) is 0 Å². The largest absolute Gasteiger partial charge is 0.349 e. The molecule has 2 N–H and O–H groups in total. The van der Waals surface area contributed by atoms with Crippen molar-refractivity contribution in [3.63, 3.8) is 0 Å². The maximum absolute atomic E-state index is 12.2. The summed E-state index contributed by atoms with van der Waals surface area (Å²) in [7, 11) is 0. The second-order valence-electron chi connectivity index (χ2n) is 5.49. The first-order valence-electron chi connectivity index (χ1n) is 7.24. The van der Waals surface area contributed by atoms with Gasteiger partial charge >= 0.3 is 0 Å². The Labute approximate surface area is 119 Å². The van der Waals surface area contributed by atoms with Crippen LogP contribution < -0.4 is 10.6 Å². The third-order valence-corrected chi connectivity index (χ3v) is 4.08. The van der Waals surface area contributed by atoms with Gasteiger partial charge in [-0.3, -0.25) is 4.79 Å². The summed E-state index contributed by atoms with van der Waals surface area (Å²) < 4.78 is 0. The molecule has 0 aromatic heterocycles. The van der Waals surface area contributed by atoms with E-state index in [9.17, 15) is 4.79 Å². The molecule has 0 radical (unpaired) electrons. The molecule has 2 aromatic rings. The van der Waals surface area contributed by atoms with Crippen LogP contribution >= 0.6 is 0 Å². The van der Waals surface area contributed by atoms with Crippen LogP contribution in [0.4, 0.5) is 0 Å². The molecule has 0 saturated carbocycles. The van der Waals surface area contributed by atoms with Crippen molar-refractivity contribution in [2.24, 2.45) is 5.92 Å². The third kappa shape index (κ3) is 2.54. The summed E-state index contributed by atoms with van der Waals surface area (Å²) >= 11 is 0. The molecule has 1 saturated heterocycles. The predicted octanol–water partition coefficient (Wildman–Crippen LogP) is 2.63. The van der Waals surface area contributed by atoms with E-state index in [1.807, 2.05) is 12.1 Å². The Morgan fingerprint density at radius 1 is 1.25 bits per heavy atom. The summed E-state index contributed by atoms with van der Waals surface area (Å²) in [5, 5.41) is 8.82. The fraction of sp³-hybridized carbons (Fsp3) is 0.353. The predicted molar refractivity (Wildman–Crippen MR) is 81.5 cm³/mol. The van der Waals surface area contributed by atoms with Gasteiger partial charge in [0.2, 0.25) is 5.91 Å². The first kappa shape index (κ1) is 13.1. The molecule has 2 aromatic carbocycles. The minimum atomic E-state index is 0.0363. The van der Waals surface area contributed by atoms with Crippen LogP contribution in [0.1, 0.15) is 24.9 Å². The standard InChI is InChI=1S/C17H20N2O/c1-12(19-17(20)14-9-10-18-11-14)15-8-4-6-13-5-2-3-7-16(13)15/h2-8,12,14,18H,9-11H2,1H3,(H,19,20). The van der Waals surface area contributed by atoms with E-state index < -0.39 is 0 Å². The summed E-state index contributed by atoms with van der Waals surface area (Å²) in [5.41, 5.74) is 1.18. The van der Waals surface area contributed by atoms with Crippen molar-refractivity contribution in [3.8, 4) is 0 Å². The fourth-order valence-electron chi connectivity index (χ4n) is 2.92. The van der Waals surface area contributed by atoms with Crippen molar-refractivity contribution >= 4 is 16.7 Å². The number of hydrogen-bond donors (Lipinski definition) is 2. The number of benzene rings is 2. The normalized spacial score (nSPS) is 19.9. The number of carbonyl (C=O) groups is 1. The van der Waals surface area contributed by atoms with Crippen molar-refractivity contribution in [2.75, 3.05) is 13.1 Å². The number of hydrogen-bond acceptors (Lipinski definition) is 2. The van der Waals surface area contributed by atoms with Crippen LogP contribution in [0.25, 0.3) is 10.8 Å². The molecule has 0 bridgehead atoms. The average Bonchev–Trinajstić information content (AvgIpc) is 3.01. The van der Waals surface area contributed by atoms with Gasteiger partial charge in [0.25, 0.3) is 0 Å². The molecule has 3 heteroatoms. The van der Waals surface area contributed by atoms with E-state index in [1.165, 1.54) is 16.3 Å². The number of fused-ring (bicyclic) bond motifs is 1. The van der Waals surface area contributed by atoms with E-state index >= 15 is 0 Å². The molecule has 0 aliphatic carbocycles. The van der Waals surface area contributed by atoms with Crippen molar-refractivity contribution in [3.05, 3.63) is 48.0 Å². The Morgan fingerprint density at radius 2 is 2.05 bits per heavy atom. The summed E-state index contributed by atoms with van der Waals surface area (Å²) in [6, 6.07) is 14.6. The summed E-state index contributed by atoms with van der Waals surface area (Å²) in [4.78, 5) is 12.2. The molecular weight excluding hydrogens is 248 g/mol. The molecule has 0 spiro atoms. The van der Waals surface area contributed by atoms with Gasteiger partial charge in [-0.2, -0.15) is 0 Å². The maximum Gasteiger partial charge on any atom is 0.224 e. The highest BCUT2D eigenvalue weighted by Crippen LogP contribution is 2.24. The van der Waals surface area contributed by atoms with Gasteiger partial charge in [0.1, 0.15) is 0 Å². The lowest BCUT2D eigenvalue weighted by molar-refractivity contribution is -0.125. The van der Waals surface area contributed by atoms with Crippen molar-refractivity contribution < 1.29 is 4.79 Å². The molecule has 2 atom stereocenters. The van der Waals surface area contributed by atoms with Gasteiger partial charge in [0, 0.05) is 6.54 Å². The maximum atomic E-state index is 12.2. The lowest BCUT2D eigenvalue weighted by Gasteiger charge is -2.18. The molecule has 3 nitrogen and oxygen atoms in total. The van der Waals surface area contributed by atoms with E-state index in [-0.39, 0.29) is 17.9 Å². The van der Waals surface area contributed by atoms with Gasteiger partial charge < -0.3 is 10.6 Å². The van der Waals surface area contributed by atoms with E-state index in [2.05, 4.69) is 47.9 Å².